The van der Waals surface area contributed by atoms with Gasteiger partial charge in [-0.05, 0) is 48.9 Å². The zero-order valence-electron chi connectivity index (χ0n) is 17.0. The minimum Gasteiger partial charge on any atom is -0.497 e. The lowest BCUT2D eigenvalue weighted by Gasteiger charge is -2.10. The van der Waals surface area contributed by atoms with Crippen LogP contribution in [-0.2, 0) is 20.0 Å². The third kappa shape index (κ3) is 4.71. The van der Waals surface area contributed by atoms with Gasteiger partial charge in [0.05, 0.1) is 26.0 Å². The van der Waals surface area contributed by atoms with Gasteiger partial charge in [0.1, 0.15) is 5.75 Å². The van der Waals surface area contributed by atoms with Crippen molar-refractivity contribution in [3.05, 3.63) is 59.8 Å². The summed E-state index contributed by atoms with van der Waals surface area (Å²) in [6.07, 6.45) is 3.91. The lowest BCUT2D eigenvalue weighted by Crippen LogP contribution is -2.16. The van der Waals surface area contributed by atoms with Crippen LogP contribution in [0.2, 0.25) is 0 Å². The maximum Gasteiger partial charge on any atom is 0.161 e. The molecule has 1 aliphatic heterocycles. The Hall–Kier alpha value is -2.99. The molecule has 1 aromatic heterocycles. The first-order valence-electron chi connectivity index (χ1n) is 9.99. The summed E-state index contributed by atoms with van der Waals surface area (Å²) in [7, 11) is 3.65. The molecular weight excluding hydrogens is 366 g/mol. The van der Waals surface area contributed by atoms with Gasteiger partial charge in [-0.3, -0.25) is 4.68 Å². The predicted octanol–water partition coefficient (Wildman–Crippen LogP) is 3.59. The molecule has 2 heterocycles. The van der Waals surface area contributed by atoms with Gasteiger partial charge >= 0.3 is 0 Å². The van der Waals surface area contributed by atoms with E-state index in [2.05, 4.69) is 34.8 Å². The highest BCUT2D eigenvalue weighted by atomic mass is 16.5. The number of methoxy groups -OCH3 is 1. The van der Waals surface area contributed by atoms with Crippen LogP contribution in [0.5, 0.6) is 17.2 Å². The van der Waals surface area contributed by atoms with E-state index in [1.807, 2.05) is 36.0 Å². The molecule has 0 saturated heterocycles. The van der Waals surface area contributed by atoms with Gasteiger partial charge in [0.2, 0.25) is 0 Å². The molecule has 1 N–H and O–H groups in total. The Labute approximate surface area is 171 Å². The molecule has 0 amide bonds. The molecule has 0 spiro atoms. The van der Waals surface area contributed by atoms with E-state index < -0.39 is 0 Å². The van der Waals surface area contributed by atoms with Crippen molar-refractivity contribution in [2.45, 2.75) is 19.4 Å². The lowest BCUT2D eigenvalue weighted by molar-refractivity contribution is 0.297. The lowest BCUT2D eigenvalue weighted by atomic mass is 10.1. The highest BCUT2D eigenvalue weighted by Crippen LogP contribution is 2.34. The number of aromatic nitrogens is 2. The van der Waals surface area contributed by atoms with Crippen LogP contribution in [0.1, 0.15) is 17.5 Å². The maximum absolute atomic E-state index is 5.84. The van der Waals surface area contributed by atoms with Gasteiger partial charge in [-0.1, -0.05) is 12.1 Å². The van der Waals surface area contributed by atoms with E-state index in [1.165, 1.54) is 5.56 Å². The zero-order valence-corrected chi connectivity index (χ0v) is 17.0. The van der Waals surface area contributed by atoms with Crippen LogP contribution >= 0.6 is 0 Å². The summed E-state index contributed by atoms with van der Waals surface area (Å²) in [5.41, 5.74) is 4.43. The van der Waals surface area contributed by atoms with Crippen molar-refractivity contribution in [1.82, 2.24) is 15.1 Å². The molecule has 0 radical (unpaired) electrons. The van der Waals surface area contributed by atoms with Gasteiger partial charge in [0.25, 0.3) is 0 Å². The van der Waals surface area contributed by atoms with Crippen LogP contribution in [-0.4, -0.2) is 36.6 Å². The summed E-state index contributed by atoms with van der Waals surface area (Å²) >= 11 is 0. The van der Waals surface area contributed by atoms with Crippen LogP contribution in [0.15, 0.2) is 48.7 Å². The number of nitrogens with zero attached hydrogens (tertiary/aromatic N) is 2. The fraction of sp³-hybridized carbons (Fsp3) is 0.348. The Kier molecular flexibility index (Phi) is 6.00. The largest absolute Gasteiger partial charge is 0.497 e. The smallest absolute Gasteiger partial charge is 0.161 e. The SMILES string of the molecule is COc1cccc(CCNCc2cn(C)nc2-c2ccc3c(c2)OCCCO3)c1. The topological polar surface area (TPSA) is 57.5 Å². The average molecular weight is 393 g/mol. The van der Waals surface area contributed by atoms with Crippen LogP contribution in [0, 0.1) is 0 Å². The Morgan fingerprint density at radius 3 is 2.83 bits per heavy atom. The van der Waals surface area contributed by atoms with E-state index in [9.17, 15) is 0 Å². The number of aryl methyl sites for hydroxylation is 1. The summed E-state index contributed by atoms with van der Waals surface area (Å²) in [4.78, 5) is 0. The molecule has 29 heavy (non-hydrogen) atoms. The van der Waals surface area contributed by atoms with Crippen LogP contribution in [0.25, 0.3) is 11.3 Å². The van der Waals surface area contributed by atoms with Crippen molar-refractivity contribution < 1.29 is 14.2 Å². The summed E-state index contributed by atoms with van der Waals surface area (Å²) in [6, 6.07) is 14.3. The van der Waals surface area contributed by atoms with E-state index >= 15 is 0 Å². The molecule has 0 aliphatic carbocycles. The van der Waals surface area contributed by atoms with Crippen LogP contribution < -0.4 is 19.5 Å². The van der Waals surface area contributed by atoms with Crippen molar-refractivity contribution >= 4 is 0 Å². The number of ether oxygens (including phenoxy) is 3. The molecule has 152 valence electrons. The monoisotopic (exact) mass is 393 g/mol. The molecule has 2 aromatic carbocycles. The van der Waals surface area contributed by atoms with E-state index in [0.717, 1.165) is 60.0 Å². The standard InChI is InChI=1S/C23H27N3O3/c1-26-16-19(15-24-10-9-17-5-3-6-20(13-17)27-2)23(25-26)18-7-8-21-22(14-18)29-12-4-11-28-21/h3,5-8,13-14,16,24H,4,9-12,15H2,1-2H3. The maximum atomic E-state index is 5.84. The molecular formula is C23H27N3O3. The Morgan fingerprint density at radius 1 is 1.10 bits per heavy atom. The van der Waals surface area contributed by atoms with Crippen LogP contribution in [0.4, 0.5) is 0 Å². The number of hydrogen-bond acceptors (Lipinski definition) is 5. The summed E-state index contributed by atoms with van der Waals surface area (Å²) in [5, 5.41) is 8.21. The van der Waals surface area contributed by atoms with Gasteiger partial charge in [-0.2, -0.15) is 5.10 Å². The van der Waals surface area contributed by atoms with E-state index in [-0.39, 0.29) is 0 Å². The highest BCUT2D eigenvalue weighted by Gasteiger charge is 2.15. The van der Waals surface area contributed by atoms with Gasteiger partial charge in [0.15, 0.2) is 11.5 Å². The van der Waals surface area contributed by atoms with Crippen LogP contribution in [0.3, 0.4) is 0 Å². The van der Waals surface area contributed by atoms with E-state index in [4.69, 9.17) is 14.2 Å². The third-order valence-corrected chi connectivity index (χ3v) is 4.97. The first kappa shape index (κ1) is 19.3. The van der Waals surface area contributed by atoms with Crippen molar-refractivity contribution in [2.24, 2.45) is 7.05 Å². The Bertz CT molecular complexity index is 968. The molecule has 0 unspecified atom stereocenters. The normalized spacial score (nSPS) is 13.2. The summed E-state index contributed by atoms with van der Waals surface area (Å²) in [6.45, 7) is 3.00. The van der Waals surface area contributed by atoms with Crippen molar-refractivity contribution in [2.75, 3.05) is 26.9 Å². The third-order valence-electron chi connectivity index (χ3n) is 4.97. The fourth-order valence-electron chi connectivity index (χ4n) is 3.50. The summed E-state index contributed by atoms with van der Waals surface area (Å²) in [5.74, 6) is 2.49. The first-order valence-corrected chi connectivity index (χ1v) is 9.99. The second-order valence-corrected chi connectivity index (χ2v) is 7.17. The van der Waals surface area contributed by atoms with E-state index in [1.54, 1.807) is 7.11 Å². The number of nitrogens with one attached hydrogen (secondary N) is 1. The second-order valence-electron chi connectivity index (χ2n) is 7.17. The predicted molar refractivity (Wildman–Crippen MR) is 113 cm³/mol. The molecule has 6 heteroatoms. The second kappa shape index (κ2) is 9.01. The Balaban J connectivity index is 1.42. The molecule has 0 atom stereocenters. The molecule has 0 saturated carbocycles. The molecule has 0 fully saturated rings. The minimum absolute atomic E-state index is 0.678. The number of rotatable bonds is 7. The number of benzene rings is 2. The minimum atomic E-state index is 0.678. The van der Waals surface area contributed by atoms with Crippen molar-refractivity contribution in [3.8, 4) is 28.5 Å². The average Bonchev–Trinajstić information content (AvgIpc) is 2.96. The van der Waals surface area contributed by atoms with Crippen molar-refractivity contribution in [1.29, 1.82) is 0 Å². The van der Waals surface area contributed by atoms with Gasteiger partial charge in [0, 0.05) is 37.3 Å². The van der Waals surface area contributed by atoms with Crippen molar-refractivity contribution in [3.63, 3.8) is 0 Å². The molecule has 4 rings (SSSR count). The number of fused-ring (bicyclic) bond motifs is 1. The van der Waals surface area contributed by atoms with Gasteiger partial charge in [-0.15, -0.1) is 0 Å². The first-order chi connectivity index (χ1) is 14.2. The quantitative estimate of drug-likeness (QED) is 0.622. The molecule has 6 nitrogen and oxygen atoms in total. The highest BCUT2D eigenvalue weighted by molar-refractivity contribution is 5.66. The number of hydrogen-bond donors (Lipinski definition) is 1. The van der Waals surface area contributed by atoms with Gasteiger partial charge in [-0.25, -0.2) is 0 Å². The van der Waals surface area contributed by atoms with E-state index in [0.29, 0.717) is 13.2 Å². The molecule has 0 bridgehead atoms. The molecule has 1 aliphatic rings. The molecule has 3 aromatic rings. The summed E-state index contributed by atoms with van der Waals surface area (Å²) < 4.78 is 18.7. The zero-order chi connectivity index (χ0) is 20.1. The Morgan fingerprint density at radius 2 is 1.97 bits per heavy atom. The van der Waals surface area contributed by atoms with Gasteiger partial charge < -0.3 is 19.5 Å². The fourth-order valence-corrected chi connectivity index (χ4v) is 3.50.